The molecule has 7 heteroatoms. The summed E-state index contributed by atoms with van der Waals surface area (Å²) in [7, 11) is 1.64. The molecule has 0 spiro atoms. The lowest BCUT2D eigenvalue weighted by atomic mass is 10.2. The number of carbonyl (C=O) groups excluding carboxylic acids is 1. The lowest BCUT2D eigenvalue weighted by Gasteiger charge is -2.35. The van der Waals surface area contributed by atoms with Crippen LogP contribution in [0.5, 0.6) is 0 Å². The molecule has 0 aliphatic carbocycles. The maximum Gasteiger partial charge on any atom is 0.268 e. The lowest BCUT2D eigenvalue weighted by Crippen LogP contribution is -2.49. The Bertz CT molecular complexity index is 809. The third-order valence-corrected chi connectivity index (χ3v) is 4.36. The largest absolute Gasteiger partial charge is 0.368 e. The van der Waals surface area contributed by atoms with Gasteiger partial charge in [-0.3, -0.25) is 14.5 Å². The van der Waals surface area contributed by atoms with Crippen LogP contribution in [0.3, 0.4) is 0 Å². The summed E-state index contributed by atoms with van der Waals surface area (Å²) < 4.78 is 1.31. The summed E-state index contributed by atoms with van der Waals surface area (Å²) in [5.41, 5.74) is 2.67. The third-order valence-electron chi connectivity index (χ3n) is 4.36. The van der Waals surface area contributed by atoms with E-state index in [0.29, 0.717) is 6.54 Å². The Morgan fingerprint density at radius 1 is 1.20 bits per heavy atom. The summed E-state index contributed by atoms with van der Waals surface area (Å²) in [5.74, 6) is -0.00528. The van der Waals surface area contributed by atoms with Gasteiger partial charge in [-0.05, 0) is 24.6 Å². The van der Waals surface area contributed by atoms with Crippen molar-refractivity contribution in [1.29, 1.82) is 0 Å². The minimum Gasteiger partial charge on any atom is -0.368 e. The van der Waals surface area contributed by atoms with Crippen molar-refractivity contribution in [3.63, 3.8) is 0 Å². The second-order valence-electron chi connectivity index (χ2n) is 6.36. The van der Waals surface area contributed by atoms with Gasteiger partial charge in [0, 0.05) is 45.0 Å². The Hall–Kier alpha value is -2.67. The van der Waals surface area contributed by atoms with Gasteiger partial charge < -0.3 is 10.2 Å². The third kappa shape index (κ3) is 4.45. The van der Waals surface area contributed by atoms with E-state index in [2.05, 4.69) is 20.2 Å². The van der Waals surface area contributed by atoms with E-state index in [-0.39, 0.29) is 11.5 Å². The van der Waals surface area contributed by atoms with Gasteiger partial charge in [-0.2, -0.15) is 5.10 Å². The van der Waals surface area contributed by atoms with Crippen molar-refractivity contribution in [2.75, 3.05) is 42.9 Å². The first-order chi connectivity index (χ1) is 12.0. The Balaban J connectivity index is 1.51. The molecule has 132 valence electrons. The Morgan fingerprint density at radius 3 is 2.64 bits per heavy atom. The highest BCUT2D eigenvalue weighted by molar-refractivity contribution is 5.92. The van der Waals surface area contributed by atoms with Gasteiger partial charge in [-0.15, -0.1) is 0 Å². The van der Waals surface area contributed by atoms with Crippen LogP contribution in [0.1, 0.15) is 5.56 Å². The Morgan fingerprint density at radius 2 is 1.96 bits per heavy atom. The van der Waals surface area contributed by atoms with Crippen molar-refractivity contribution in [2.24, 2.45) is 7.05 Å². The first-order valence-corrected chi connectivity index (χ1v) is 8.38. The van der Waals surface area contributed by atoms with Crippen LogP contribution in [0.15, 0.2) is 41.3 Å². The average molecular weight is 341 g/mol. The highest BCUT2D eigenvalue weighted by Crippen LogP contribution is 2.13. The number of hydrogen-bond donors (Lipinski definition) is 1. The number of nitrogens with one attached hydrogen (secondary N) is 1. The number of carbonyl (C=O) groups is 1. The molecule has 0 saturated carbocycles. The van der Waals surface area contributed by atoms with Crippen molar-refractivity contribution < 1.29 is 4.79 Å². The molecule has 1 aliphatic heterocycles. The van der Waals surface area contributed by atoms with Crippen molar-refractivity contribution >= 4 is 17.3 Å². The lowest BCUT2D eigenvalue weighted by molar-refractivity contribution is -0.117. The van der Waals surface area contributed by atoms with E-state index < -0.39 is 0 Å². The zero-order valence-corrected chi connectivity index (χ0v) is 14.6. The van der Waals surface area contributed by atoms with Crippen molar-refractivity contribution in [3.05, 3.63) is 52.4 Å². The fraction of sp³-hybridized carbons (Fsp3) is 0.389. The number of piperazine rings is 1. The molecular weight excluding hydrogens is 318 g/mol. The number of amides is 1. The summed E-state index contributed by atoms with van der Waals surface area (Å²) in [6, 6.07) is 9.39. The Labute approximate surface area is 146 Å². The quantitative estimate of drug-likeness (QED) is 0.893. The molecule has 1 fully saturated rings. The zero-order valence-electron chi connectivity index (χ0n) is 14.6. The predicted octanol–water partition coefficient (Wildman–Crippen LogP) is 0.849. The number of aryl methyl sites for hydroxylation is 2. The first kappa shape index (κ1) is 17.2. The zero-order chi connectivity index (χ0) is 17.8. The fourth-order valence-electron chi connectivity index (χ4n) is 2.92. The van der Waals surface area contributed by atoms with Crippen LogP contribution in [-0.4, -0.2) is 53.3 Å². The van der Waals surface area contributed by atoms with Crippen LogP contribution in [0.2, 0.25) is 0 Å². The highest BCUT2D eigenvalue weighted by Gasteiger charge is 2.19. The maximum absolute atomic E-state index is 12.2. The molecule has 7 nitrogen and oxygen atoms in total. The van der Waals surface area contributed by atoms with Crippen molar-refractivity contribution in [3.8, 4) is 0 Å². The molecular formula is C18H23N5O2. The minimum atomic E-state index is -0.113. The summed E-state index contributed by atoms with van der Waals surface area (Å²) in [4.78, 5) is 28.2. The van der Waals surface area contributed by atoms with E-state index in [1.165, 1.54) is 4.68 Å². The van der Waals surface area contributed by atoms with E-state index in [0.717, 1.165) is 43.1 Å². The van der Waals surface area contributed by atoms with Gasteiger partial charge in [-0.25, -0.2) is 4.68 Å². The normalized spacial score (nSPS) is 15.2. The van der Waals surface area contributed by atoms with E-state index in [9.17, 15) is 9.59 Å². The monoisotopic (exact) mass is 341 g/mol. The molecule has 0 radical (unpaired) electrons. The summed E-state index contributed by atoms with van der Waals surface area (Å²) >= 11 is 0. The number of nitrogens with zero attached hydrogens (tertiary/aromatic N) is 4. The molecule has 25 heavy (non-hydrogen) atoms. The van der Waals surface area contributed by atoms with Gasteiger partial charge in [0.2, 0.25) is 5.91 Å². The van der Waals surface area contributed by atoms with Crippen LogP contribution in [0, 0.1) is 6.92 Å². The smallest absolute Gasteiger partial charge is 0.268 e. The first-order valence-electron chi connectivity index (χ1n) is 8.38. The summed E-state index contributed by atoms with van der Waals surface area (Å²) in [6.07, 6.45) is 1.71. The van der Waals surface area contributed by atoms with Crippen molar-refractivity contribution in [2.45, 2.75) is 6.92 Å². The van der Waals surface area contributed by atoms with Gasteiger partial charge in [0.05, 0.1) is 18.4 Å². The van der Waals surface area contributed by atoms with Gasteiger partial charge in [-0.1, -0.05) is 12.1 Å². The molecule has 0 bridgehead atoms. The van der Waals surface area contributed by atoms with E-state index in [1.807, 2.05) is 31.2 Å². The van der Waals surface area contributed by atoms with Gasteiger partial charge >= 0.3 is 0 Å². The van der Waals surface area contributed by atoms with Gasteiger partial charge in [0.25, 0.3) is 5.56 Å². The van der Waals surface area contributed by atoms with E-state index >= 15 is 0 Å². The van der Waals surface area contributed by atoms with Crippen LogP contribution >= 0.6 is 0 Å². The summed E-state index contributed by atoms with van der Waals surface area (Å²) in [5, 5.41) is 7.00. The van der Waals surface area contributed by atoms with Gasteiger partial charge in [0.1, 0.15) is 0 Å². The SMILES string of the molecule is Cc1cccc(NC(=O)CN2CCN(c3cnn(C)c(=O)c3)CC2)c1. The molecule has 0 atom stereocenters. The molecule has 1 amide bonds. The molecule has 0 unspecified atom stereocenters. The topological polar surface area (TPSA) is 70.5 Å². The molecule has 1 aliphatic rings. The van der Waals surface area contributed by atoms with E-state index in [1.54, 1.807) is 19.3 Å². The second kappa shape index (κ2) is 7.48. The number of hydrogen-bond acceptors (Lipinski definition) is 5. The van der Waals surface area contributed by atoms with E-state index in [4.69, 9.17) is 0 Å². The van der Waals surface area contributed by atoms with Gasteiger partial charge in [0.15, 0.2) is 0 Å². The molecule has 1 N–H and O–H groups in total. The maximum atomic E-state index is 12.2. The second-order valence-corrected chi connectivity index (χ2v) is 6.36. The molecule has 1 saturated heterocycles. The number of aromatic nitrogens is 2. The summed E-state index contributed by atoms with van der Waals surface area (Å²) in [6.45, 7) is 5.46. The van der Waals surface area contributed by atoms with Crippen LogP contribution in [0.4, 0.5) is 11.4 Å². The fourth-order valence-corrected chi connectivity index (χ4v) is 2.92. The van der Waals surface area contributed by atoms with Crippen LogP contribution in [0.25, 0.3) is 0 Å². The highest BCUT2D eigenvalue weighted by atomic mass is 16.2. The van der Waals surface area contributed by atoms with Crippen LogP contribution in [-0.2, 0) is 11.8 Å². The standard InChI is InChI=1S/C18H23N5O2/c1-14-4-3-5-15(10-14)20-17(24)13-22-6-8-23(9-7-22)16-11-18(25)21(2)19-12-16/h3-5,10-12H,6-9,13H2,1-2H3,(H,20,24). The van der Waals surface area contributed by atoms with Crippen LogP contribution < -0.4 is 15.8 Å². The number of benzene rings is 1. The molecule has 2 heterocycles. The molecule has 3 rings (SSSR count). The number of rotatable bonds is 4. The predicted molar refractivity (Wildman–Crippen MR) is 97.9 cm³/mol. The Kier molecular flexibility index (Phi) is 5.14. The van der Waals surface area contributed by atoms with Crippen molar-refractivity contribution in [1.82, 2.24) is 14.7 Å². The molecule has 1 aromatic heterocycles. The number of anilines is 2. The minimum absolute atomic E-state index is 0.00528. The average Bonchev–Trinajstić information content (AvgIpc) is 2.58. The molecule has 1 aromatic carbocycles. The molecule has 2 aromatic rings.